The Balaban J connectivity index is 2.73. The Morgan fingerprint density at radius 1 is 1.14 bits per heavy atom. The van der Waals surface area contributed by atoms with Crippen molar-refractivity contribution in [3.63, 3.8) is 0 Å². The van der Waals surface area contributed by atoms with E-state index in [0.717, 1.165) is 5.92 Å². The lowest BCUT2D eigenvalue weighted by Crippen LogP contribution is -2.11. The van der Waals surface area contributed by atoms with Gasteiger partial charge in [-0.25, -0.2) is 0 Å². The molecule has 0 N–H and O–H groups in total. The Hall–Kier alpha value is -0.720. The van der Waals surface area contributed by atoms with Crippen molar-refractivity contribution in [2.45, 2.75) is 53.5 Å². The summed E-state index contributed by atoms with van der Waals surface area (Å²) in [5.74, 6) is 0.825. The molecule has 0 aromatic carbocycles. The average Bonchev–Trinajstić information content (AvgIpc) is 2.46. The van der Waals surface area contributed by atoms with Crippen molar-refractivity contribution in [2.24, 2.45) is 5.92 Å². The van der Waals surface area contributed by atoms with E-state index in [2.05, 4.69) is 51.3 Å². The molecule has 0 aliphatic rings. The van der Waals surface area contributed by atoms with E-state index in [1.54, 1.807) is 0 Å². The molecule has 80 valence electrons. The minimum absolute atomic E-state index is 0.639. The molecule has 2 atom stereocenters. The molecule has 0 aliphatic carbocycles. The van der Waals surface area contributed by atoms with Gasteiger partial charge in [-0.2, -0.15) is 0 Å². The fourth-order valence-electron chi connectivity index (χ4n) is 2.23. The van der Waals surface area contributed by atoms with E-state index in [4.69, 9.17) is 0 Å². The van der Waals surface area contributed by atoms with Crippen LogP contribution in [-0.2, 0) is 0 Å². The third-order valence-corrected chi connectivity index (χ3v) is 3.21. The van der Waals surface area contributed by atoms with Crippen molar-refractivity contribution in [1.29, 1.82) is 0 Å². The molecule has 1 heterocycles. The predicted octanol–water partition coefficient (Wildman–Crippen LogP) is 4.10. The highest BCUT2D eigenvalue weighted by atomic mass is 15.0. The zero-order valence-electron chi connectivity index (χ0n) is 10.2. The number of rotatable bonds is 4. The van der Waals surface area contributed by atoms with Crippen molar-refractivity contribution in [3.8, 4) is 0 Å². The number of aryl methyl sites for hydroxylation is 2. The Morgan fingerprint density at radius 3 is 2.07 bits per heavy atom. The summed E-state index contributed by atoms with van der Waals surface area (Å²) in [6.07, 6.45) is 2.57. The van der Waals surface area contributed by atoms with Gasteiger partial charge in [-0.1, -0.05) is 20.3 Å². The minimum Gasteiger partial charge on any atom is -0.346 e. The van der Waals surface area contributed by atoms with E-state index < -0.39 is 0 Å². The first-order chi connectivity index (χ1) is 6.56. The molecule has 0 saturated carbocycles. The quantitative estimate of drug-likeness (QED) is 0.678. The van der Waals surface area contributed by atoms with Gasteiger partial charge >= 0.3 is 0 Å². The largest absolute Gasteiger partial charge is 0.346 e. The third-order valence-electron chi connectivity index (χ3n) is 3.21. The Bertz CT molecular complexity index is 266. The second-order valence-electron chi connectivity index (χ2n) is 4.58. The molecule has 0 bridgehead atoms. The lowest BCUT2D eigenvalue weighted by molar-refractivity contribution is 0.391. The van der Waals surface area contributed by atoms with Gasteiger partial charge in [0.2, 0.25) is 0 Å². The van der Waals surface area contributed by atoms with E-state index in [0.29, 0.717) is 6.04 Å². The number of aromatic nitrogens is 1. The monoisotopic (exact) mass is 193 g/mol. The summed E-state index contributed by atoms with van der Waals surface area (Å²) in [6, 6.07) is 5.06. The Kier molecular flexibility index (Phi) is 3.79. The molecule has 1 aromatic rings. The van der Waals surface area contributed by atoms with Crippen LogP contribution >= 0.6 is 0 Å². The number of hydrogen-bond acceptors (Lipinski definition) is 0. The standard InChI is InChI=1S/C13H23N/c1-6-10(2)9-13(5)14-11(3)7-8-12(14)4/h7-8,10,13H,6,9H2,1-5H3. The number of nitrogens with zero attached hydrogens (tertiary/aromatic N) is 1. The van der Waals surface area contributed by atoms with Gasteiger partial charge < -0.3 is 4.57 Å². The first kappa shape index (κ1) is 11.4. The van der Waals surface area contributed by atoms with Crippen molar-refractivity contribution in [1.82, 2.24) is 4.57 Å². The predicted molar refractivity (Wildman–Crippen MR) is 62.7 cm³/mol. The maximum absolute atomic E-state index is 2.45. The van der Waals surface area contributed by atoms with Gasteiger partial charge in [-0.05, 0) is 45.2 Å². The molecule has 1 heteroatoms. The fraction of sp³-hybridized carbons (Fsp3) is 0.692. The van der Waals surface area contributed by atoms with Crippen LogP contribution in [0, 0.1) is 19.8 Å². The highest BCUT2D eigenvalue weighted by Crippen LogP contribution is 2.23. The van der Waals surface area contributed by atoms with Gasteiger partial charge in [-0.3, -0.25) is 0 Å². The minimum atomic E-state index is 0.639. The van der Waals surface area contributed by atoms with Crippen LogP contribution in [0.3, 0.4) is 0 Å². The second kappa shape index (κ2) is 4.68. The Labute approximate surface area is 88.1 Å². The first-order valence-corrected chi connectivity index (χ1v) is 5.70. The summed E-state index contributed by atoms with van der Waals surface area (Å²) in [7, 11) is 0. The topological polar surface area (TPSA) is 4.93 Å². The molecule has 0 fully saturated rings. The molecule has 0 spiro atoms. The van der Waals surface area contributed by atoms with Gasteiger partial charge in [0.25, 0.3) is 0 Å². The Morgan fingerprint density at radius 2 is 1.64 bits per heavy atom. The molecule has 0 radical (unpaired) electrons. The van der Waals surface area contributed by atoms with Crippen LogP contribution in [0.4, 0.5) is 0 Å². The van der Waals surface area contributed by atoms with Gasteiger partial charge in [0, 0.05) is 17.4 Å². The lowest BCUT2D eigenvalue weighted by Gasteiger charge is -2.21. The summed E-state index contributed by atoms with van der Waals surface area (Å²) >= 11 is 0. The van der Waals surface area contributed by atoms with Crippen LogP contribution in [0.5, 0.6) is 0 Å². The smallest absolute Gasteiger partial charge is 0.0310 e. The van der Waals surface area contributed by atoms with Crippen LogP contribution in [0.15, 0.2) is 12.1 Å². The molecule has 1 nitrogen and oxygen atoms in total. The first-order valence-electron chi connectivity index (χ1n) is 5.70. The molecule has 0 amide bonds. The SMILES string of the molecule is CCC(C)CC(C)n1c(C)ccc1C. The fourth-order valence-corrected chi connectivity index (χ4v) is 2.23. The highest BCUT2D eigenvalue weighted by Gasteiger charge is 2.11. The molecule has 1 aromatic heterocycles. The van der Waals surface area contributed by atoms with Crippen molar-refractivity contribution >= 4 is 0 Å². The van der Waals surface area contributed by atoms with Crippen LogP contribution in [0.25, 0.3) is 0 Å². The maximum Gasteiger partial charge on any atom is 0.0310 e. The molecular formula is C13H23N. The summed E-state index contributed by atoms with van der Waals surface area (Å²) in [6.45, 7) is 11.3. The zero-order valence-corrected chi connectivity index (χ0v) is 10.2. The van der Waals surface area contributed by atoms with Gasteiger partial charge in [0.15, 0.2) is 0 Å². The molecule has 2 unspecified atom stereocenters. The van der Waals surface area contributed by atoms with Gasteiger partial charge in [0.05, 0.1) is 0 Å². The van der Waals surface area contributed by atoms with Crippen LogP contribution < -0.4 is 0 Å². The lowest BCUT2D eigenvalue weighted by atomic mass is 10.00. The zero-order chi connectivity index (χ0) is 10.7. The van der Waals surface area contributed by atoms with Crippen molar-refractivity contribution in [3.05, 3.63) is 23.5 Å². The van der Waals surface area contributed by atoms with Crippen molar-refractivity contribution in [2.75, 3.05) is 0 Å². The molecule has 1 rings (SSSR count). The van der Waals surface area contributed by atoms with Gasteiger partial charge in [0.1, 0.15) is 0 Å². The normalized spacial score (nSPS) is 15.5. The van der Waals surface area contributed by atoms with E-state index in [1.807, 2.05) is 0 Å². The van der Waals surface area contributed by atoms with E-state index >= 15 is 0 Å². The summed E-state index contributed by atoms with van der Waals surface area (Å²) < 4.78 is 2.45. The molecule has 0 aliphatic heterocycles. The molecule has 0 saturated heterocycles. The number of hydrogen-bond donors (Lipinski definition) is 0. The van der Waals surface area contributed by atoms with Gasteiger partial charge in [-0.15, -0.1) is 0 Å². The third kappa shape index (κ3) is 2.40. The average molecular weight is 193 g/mol. The summed E-state index contributed by atoms with van der Waals surface area (Å²) in [5, 5.41) is 0. The maximum atomic E-state index is 2.45. The summed E-state index contributed by atoms with van der Waals surface area (Å²) in [5.41, 5.74) is 2.77. The van der Waals surface area contributed by atoms with Crippen molar-refractivity contribution < 1.29 is 0 Å². The van der Waals surface area contributed by atoms with Crippen LogP contribution in [0.1, 0.15) is 51.0 Å². The summed E-state index contributed by atoms with van der Waals surface area (Å²) in [4.78, 5) is 0. The van der Waals surface area contributed by atoms with E-state index in [9.17, 15) is 0 Å². The molecule has 14 heavy (non-hydrogen) atoms. The highest BCUT2D eigenvalue weighted by molar-refractivity contribution is 5.14. The molecular weight excluding hydrogens is 170 g/mol. The van der Waals surface area contributed by atoms with E-state index in [-0.39, 0.29) is 0 Å². The van der Waals surface area contributed by atoms with Crippen LogP contribution in [-0.4, -0.2) is 4.57 Å². The van der Waals surface area contributed by atoms with E-state index in [1.165, 1.54) is 24.2 Å². The second-order valence-corrected chi connectivity index (χ2v) is 4.58. The van der Waals surface area contributed by atoms with Crippen LogP contribution in [0.2, 0.25) is 0 Å².